The Balaban J connectivity index is 1.89. The highest BCUT2D eigenvalue weighted by Crippen LogP contribution is 2.39. The fourth-order valence-corrected chi connectivity index (χ4v) is 4.17. The molecule has 1 aromatic heterocycles. The molecular weight excluding hydrogens is 386 g/mol. The first-order valence-electron chi connectivity index (χ1n) is 6.93. The molecule has 1 amide bonds. The average Bonchev–Trinajstić information content (AvgIpc) is 2.96. The zero-order valence-corrected chi connectivity index (χ0v) is 15.3. The molecule has 22 heavy (non-hydrogen) atoms. The molecule has 0 bridgehead atoms. The van der Waals surface area contributed by atoms with Crippen molar-refractivity contribution in [1.82, 2.24) is 9.27 Å². The minimum atomic E-state index is -0.00312. The minimum absolute atomic E-state index is 0.00312. The molecule has 1 saturated heterocycles. The Morgan fingerprint density at radius 1 is 1.45 bits per heavy atom. The fraction of sp³-hybridized carbons (Fsp3) is 0.333. The van der Waals surface area contributed by atoms with Gasteiger partial charge in [-0.25, -0.2) is 0 Å². The smallest absolute Gasteiger partial charge is 0.246 e. The number of anilines is 1. The van der Waals surface area contributed by atoms with Crippen molar-refractivity contribution in [2.24, 2.45) is 0 Å². The van der Waals surface area contributed by atoms with Crippen molar-refractivity contribution in [2.75, 3.05) is 31.1 Å². The number of fused-ring (bicyclic) bond motifs is 1. The highest BCUT2D eigenvalue weighted by molar-refractivity contribution is 9.10. The van der Waals surface area contributed by atoms with Gasteiger partial charge in [-0.3, -0.25) is 4.79 Å². The molecule has 1 fully saturated rings. The molecule has 0 spiro atoms. The van der Waals surface area contributed by atoms with E-state index >= 15 is 0 Å². The zero-order valence-electron chi connectivity index (χ0n) is 12.1. The van der Waals surface area contributed by atoms with Crippen LogP contribution in [0.3, 0.4) is 0 Å². The van der Waals surface area contributed by atoms with E-state index in [2.05, 4.69) is 31.8 Å². The van der Waals surface area contributed by atoms with Crippen molar-refractivity contribution in [2.45, 2.75) is 6.92 Å². The third kappa shape index (κ3) is 2.64. The van der Waals surface area contributed by atoms with Crippen LogP contribution in [0.4, 0.5) is 5.00 Å². The first-order chi connectivity index (χ1) is 10.5. The summed E-state index contributed by atoms with van der Waals surface area (Å²) >= 11 is 11.3. The lowest BCUT2D eigenvalue weighted by atomic mass is 10.1. The summed E-state index contributed by atoms with van der Waals surface area (Å²) in [6, 6.07) is 1.97. The van der Waals surface area contributed by atoms with Crippen LogP contribution in [0.25, 0.3) is 10.9 Å². The summed E-state index contributed by atoms with van der Waals surface area (Å²) < 4.78 is 5.48. The topological polar surface area (TPSA) is 36.4 Å². The largest absolute Gasteiger partial charge is 0.358 e. The van der Waals surface area contributed by atoms with E-state index in [9.17, 15) is 4.79 Å². The fourth-order valence-electron chi connectivity index (χ4n) is 2.65. The SMILES string of the molecule is C=CC(=O)N1CCN(c2snc3c(C)c(Br)c(Cl)cc23)CC1. The molecular formula is C15H15BrClN3OS. The van der Waals surface area contributed by atoms with Crippen LogP contribution in [0, 0.1) is 6.92 Å². The highest BCUT2D eigenvalue weighted by atomic mass is 79.9. The summed E-state index contributed by atoms with van der Waals surface area (Å²) in [6.07, 6.45) is 1.37. The Kier molecular flexibility index (Phi) is 4.43. The number of carbonyl (C=O) groups excluding carboxylic acids is 1. The molecule has 4 nitrogen and oxygen atoms in total. The molecule has 0 N–H and O–H groups in total. The number of aromatic nitrogens is 1. The van der Waals surface area contributed by atoms with Crippen molar-refractivity contribution < 1.29 is 4.79 Å². The lowest BCUT2D eigenvalue weighted by molar-refractivity contribution is -0.126. The number of halogens is 2. The second kappa shape index (κ2) is 6.18. The molecule has 1 aliphatic rings. The van der Waals surface area contributed by atoms with Gasteiger partial charge < -0.3 is 9.80 Å². The first kappa shape index (κ1) is 15.8. The molecule has 7 heteroatoms. The van der Waals surface area contributed by atoms with Gasteiger partial charge in [-0.15, -0.1) is 0 Å². The lowest BCUT2D eigenvalue weighted by Gasteiger charge is -2.34. The van der Waals surface area contributed by atoms with Gasteiger partial charge in [0.15, 0.2) is 0 Å². The van der Waals surface area contributed by atoms with Crippen LogP contribution < -0.4 is 4.90 Å². The van der Waals surface area contributed by atoms with Gasteiger partial charge in [0.2, 0.25) is 5.91 Å². The van der Waals surface area contributed by atoms with Crippen LogP contribution in [0.15, 0.2) is 23.2 Å². The zero-order chi connectivity index (χ0) is 15.9. The summed E-state index contributed by atoms with van der Waals surface area (Å²) in [6.45, 7) is 8.55. The van der Waals surface area contributed by atoms with Crippen LogP contribution in [-0.4, -0.2) is 41.4 Å². The first-order valence-corrected chi connectivity index (χ1v) is 8.87. The number of hydrogen-bond acceptors (Lipinski definition) is 4. The van der Waals surface area contributed by atoms with Crippen LogP contribution in [0.2, 0.25) is 5.02 Å². The van der Waals surface area contributed by atoms with Gasteiger partial charge in [-0.2, -0.15) is 4.37 Å². The molecule has 0 saturated carbocycles. The number of carbonyl (C=O) groups is 1. The molecule has 1 aromatic carbocycles. The van der Waals surface area contributed by atoms with Crippen molar-refractivity contribution in [1.29, 1.82) is 0 Å². The maximum atomic E-state index is 11.7. The molecule has 116 valence electrons. The number of nitrogens with zero attached hydrogens (tertiary/aromatic N) is 3. The molecule has 0 aliphatic carbocycles. The van der Waals surface area contributed by atoms with Crippen molar-refractivity contribution >= 4 is 60.9 Å². The van der Waals surface area contributed by atoms with Crippen LogP contribution >= 0.6 is 39.1 Å². The predicted molar refractivity (Wildman–Crippen MR) is 96.1 cm³/mol. The van der Waals surface area contributed by atoms with Crippen LogP contribution in [0.5, 0.6) is 0 Å². The maximum absolute atomic E-state index is 11.7. The summed E-state index contributed by atoms with van der Waals surface area (Å²) in [7, 11) is 0. The monoisotopic (exact) mass is 399 g/mol. The minimum Gasteiger partial charge on any atom is -0.358 e. The Morgan fingerprint density at radius 3 is 2.77 bits per heavy atom. The van der Waals surface area contributed by atoms with E-state index in [1.165, 1.54) is 17.6 Å². The van der Waals surface area contributed by atoms with Gasteiger partial charge in [-0.05, 0) is 52.1 Å². The van der Waals surface area contributed by atoms with E-state index in [1.807, 2.05) is 17.9 Å². The van der Waals surface area contributed by atoms with E-state index in [1.54, 1.807) is 0 Å². The van der Waals surface area contributed by atoms with E-state index in [0.29, 0.717) is 18.1 Å². The van der Waals surface area contributed by atoms with Crippen LogP contribution in [0.1, 0.15) is 5.56 Å². The second-order valence-electron chi connectivity index (χ2n) is 5.20. The van der Waals surface area contributed by atoms with Gasteiger partial charge in [0.25, 0.3) is 0 Å². The standard InChI is InChI=1S/C15H15BrClN3OS/c1-3-12(21)19-4-6-20(7-5-19)15-10-8-11(17)13(16)9(2)14(10)18-22-15/h3,8H,1,4-7H2,2H3. The highest BCUT2D eigenvalue weighted by Gasteiger charge is 2.23. The maximum Gasteiger partial charge on any atom is 0.246 e. The summed E-state index contributed by atoms with van der Waals surface area (Å²) in [5.41, 5.74) is 2.05. The third-order valence-corrected chi connectivity index (χ3v) is 6.40. The lowest BCUT2D eigenvalue weighted by Crippen LogP contribution is -2.48. The van der Waals surface area contributed by atoms with Gasteiger partial charge in [0, 0.05) is 36.0 Å². The number of aryl methyl sites for hydroxylation is 1. The molecule has 3 rings (SSSR count). The quantitative estimate of drug-likeness (QED) is 0.718. The van der Waals surface area contributed by atoms with Gasteiger partial charge in [0.1, 0.15) is 5.00 Å². The van der Waals surface area contributed by atoms with Gasteiger partial charge >= 0.3 is 0 Å². The van der Waals surface area contributed by atoms with Crippen molar-refractivity contribution in [3.63, 3.8) is 0 Å². The van der Waals surface area contributed by atoms with E-state index < -0.39 is 0 Å². The van der Waals surface area contributed by atoms with E-state index in [-0.39, 0.29) is 5.91 Å². The number of amides is 1. The third-order valence-electron chi connectivity index (χ3n) is 3.93. The molecule has 0 atom stereocenters. The predicted octanol–water partition coefficient (Wildman–Crippen LogP) is 3.86. The second-order valence-corrected chi connectivity index (χ2v) is 7.15. The number of piperazine rings is 1. The van der Waals surface area contributed by atoms with Gasteiger partial charge in [0.05, 0.1) is 10.5 Å². The Hall–Kier alpha value is -1.11. The summed E-state index contributed by atoms with van der Waals surface area (Å²) in [4.78, 5) is 15.8. The number of benzene rings is 1. The number of rotatable bonds is 2. The Labute approximate surface area is 146 Å². The molecule has 0 unspecified atom stereocenters. The van der Waals surface area contributed by atoms with Crippen molar-refractivity contribution in [3.05, 3.63) is 33.8 Å². The van der Waals surface area contributed by atoms with Crippen LogP contribution in [-0.2, 0) is 4.79 Å². The summed E-state index contributed by atoms with van der Waals surface area (Å²) in [5.74, 6) is -0.00312. The number of hydrogen-bond donors (Lipinski definition) is 0. The average molecular weight is 401 g/mol. The molecule has 0 radical (unpaired) electrons. The van der Waals surface area contributed by atoms with E-state index in [4.69, 9.17) is 11.6 Å². The Bertz CT molecular complexity index is 753. The Morgan fingerprint density at radius 2 is 2.14 bits per heavy atom. The summed E-state index contributed by atoms with van der Waals surface area (Å²) in [5, 5.41) is 2.91. The van der Waals surface area contributed by atoms with Gasteiger partial charge in [-0.1, -0.05) is 18.2 Å². The molecule has 2 aromatic rings. The van der Waals surface area contributed by atoms with E-state index in [0.717, 1.165) is 39.0 Å². The molecule has 2 heterocycles. The van der Waals surface area contributed by atoms with Crippen molar-refractivity contribution in [3.8, 4) is 0 Å². The molecule has 1 aliphatic heterocycles. The normalized spacial score (nSPS) is 15.4.